The smallest absolute Gasteiger partial charge is 0.288 e. The first-order valence-electron chi connectivity index (χ1n) is 5.38. The highest BCUT2D eigenvalue weighted by Crippen LogP contribution is 2.30. The maximum Gasteiger partial charge on any atom is 0.288 e. The number of nitrogens with zero attached hydrogens (tertiary/aromatic N) is 1. The third-order valence-electron chi connectivity index (χ3n) is 2.64. The summed E-state index contributed by atoms with van der Waals surface area (Å²) in [5.41, 5.74) is 2.62. The Morgan fingerprint density at radius 1 is 1.50 bits per heavy atom. The second-order valence-corrected chi connectivity index (χ2v) is 4.36. The molecule has 1 aromatic heterocycles. The average Bonchev–Trinajstić information content (AvgIpc) is 2.82. The van der Waals surface area contributed by atoms with Crippen molar-refractivity contribution in [2.75, 3.05) is 5.32 Å². The highest BCUT2D eigenvalue weighted by Gasteiger charge is 2.14. The lowest BCUT2D eigenvalue weighted by atomic mass is 10.1. The Bertz CT molecular complexity index is 567. The standard InChI is InChI=1S/C12H12ClN3O2/c1-8-4-12(16(17)18)10(13)5-11(8)15-7-9-2-3-14-6-9/h2-6,14-15H,7H2,1H3. The topological polar surface area (TPSA) is 71.0 Å². The molecule has 0 unspecified atom stereocenters. The van der Waals surface area contributed by atoms with Crippen LogP contribution >= 0.6 is 11.6 Å². The van der Waals surface area contributed by atoms with Gasteiger partial charge in [-0.1, -0.05) is 11.6 Å². The van der Waals surface area contributed by atoms with Gasteiger partial charge in [-0.25, -0.2) is 0 Å². The van der Waals surface area contributed by atoms with E-state index in [1.54, 1.807) is 6.07 Å². The van der Waals surface area contributed by atoms with Gasteiger partial charge in [0, 0.05) is 30.7 Å². The predicted molar refractivity (Wildman–Crippen MR) is 71.0 cm³/mol. The third-order valence-corrected chi connectivity index (χ3v) is 2.94. The number of nitro groups is 1. The zero-order valence-corrected chi connectivity index (χ0v) is 10.5. The molecule has 1 heterocycles. The summed E-state index contributed by atoms with van der Waals surface area (Å²) < 4.78 is 0. The summed E-state index contributed by atoms with van der Waals surface area (Å²) >= 11 is 5.87. The minimum atomic E-state index is -0.481. The van der Waals surface area contributed by atoms with Crippen molar-refractivity contribution >= 4 is 23.0 Å². The van der Waals surface area contributed by atoms with Crippen LogP contribution in [-0.4, -0.2) is 9.91 Å². The molecule has 2 N–H and O–H groups in total. The van der Waals surface area contributed by atoms with Gasteiger partial charge in [0.15, 0.2) is 0 Å². The fourth-order valence-corrected chi connectivity index (χ4v) is 1.89. The van der Waals surface area contributed by atoms with E-state index in [2.05, 4.69) is 10.3 Å². The lowest BCUT2D eigenvalue weighted by Crippen LogP contribution is -2.01. The van der Waals surface area contributed by atoms with Crippen LogP contribution in [0.2, 0.25) is 5.02 Å². The molecular formula is C12H12ClN3O2. The highest BCUT2D eigenvalue weighted by molar-refractivity contribution is 6.33. The molecule has 0 aliphatic rings. The highest BCUT2D eigenvalue weighted by atomic mass is 35.5. The number of hydrogen-bond acceptors (Lipinski definition) is 3. The van der Waals surface area contributed by atoms with E-state index in [9.17, 15) is 10.1 Å². The van der Waals surface area contributed by atoms with Gasteiger partial charge in [-0.05, 0) is 30.2 Å². The molecule has 0 bridgehead atoms. The maximum atomic E-state index is 10.7. The lowest BCUT2D eigenvalue weighted by Gasteiger charge is -2.09. The summed E-state index contributed by atoms with van der Waals surface area (Å²) in [5, 5.41) is 14.1. The zero-order valence-electron chi connectivity index (χ0n) is 9.74. The number of aromatic nitrogens is 1. The van der Waals surface area contributed by atoms with Crippen LogP contribution in [0, 0.1) is 17.0 Å². The summed E-state index contributed by atoms with van der Waals surface area (Å²) in [6.45, 7) is 2.45. The molecular weight excluding hydrogens is 254 g/mol. The lowest BCUT2D eigenvalue weighted by molar-refractivity contribution is -0.384. The molecule has 0 saturated carbocycles. The van der Waals surface area contributed by atoms with Crippen LogP contribution in [0.1, 0.15) is 11.1 Å². The minimum Gasteiger partial charge on any atom is -0.381 e. The number of rotatable bonds is 4. The van der Waals surface area contributed by atoms with E-state index >= 15 is 0 Å². The molecule has 0 spiro atoms. The van der Waals surface area contributed by atoms with E-state index < -0.39 is 4.92 Å². The van der Waals surface area contributed by atoms with E-state index in [1.807, 2.05) is 25.4 Å². The maximum absolute atomic E-state index is 10.7. The Morgan fingerprint density at radius 3 is 2.89 bits per heavy atom. The zero-order chi connectivity index (χ0) is 13.1. The first-order valence-corrected chi connectivity index (χ1v) is 5.76. The first kappa shape index (κ1) is 12.4. The first-order chi connectivity index (χ1) is 8.58. The second kappa shape index (κ2) is 5.10. The molecule has 0 aliphatic heterocycles. The van der Waals surface area contributed by atoms with Crippen LogP contribution in [0.3, 0.4) is 0 Å². The summed E-state index contributed by atoms with van der Waals surface area (Å²) in [7, 11) is 0. The Labute approximate surface area is 109 Å². The van der Waals surface area contributed by atoms with Gasteiger partial charge in [0.25, 0.3) is 5.69 Å². The van der Waals surface area contributed by atoms with Gasteiger partial charge in [0.05, 0.1) is 4.92 Å². The van der Waals surface area contributed by atoms with Gasteiger partial charge in [-0.2, -0.15) is 0 Å². The number of benzene rings is 1. The Hall–Kier alpha value is -2.01. The fraction of sp³-hybridized carbons (Fsp3) is 0.167. The van der Waals surface area contributed by atoms with Crippen LogP contribution in [-0.2, 0) is 6.54 Å². The quantitative estimate of drug-likeness (QED) is 0.656. The van der Waals surface area contributed by atoms with Gasteiger partial charge >= 0.3 is 0 Å². The summed E-state index contributed by atoms with van der Waals surface area (Å²) in [6, 6.07) is 5.01. The van der Waals surface area contributed by atoms with Crippen LogP contribution in [0.15, 0.2) is 30.6 Å². The number of aromatic amines is 1. The monoisotopic (exact) mass is 265 g/mol. The van der Waals surface area contributed by atoms with Crippen LogP contribution in [0.25, 0.3) is 0 Å². The van der Waals surface area contributed by atoms with Crippen molar-refractivity contribution in [1.29, 1.82) is 0 Å². The number of nitro benzene ring substituents is 1. The number of nitrogens with one attached hydrogen (secondary N) is 2. The second-order valence-electron chi connectivity index (χ2n) is 3.95. The molecule has 0 atom stereocenters. The van der Waals surface area contributed by atoms with Gasteiger partial charge in [0.2, 0.25) is 0 Å². The van der Waals surface area contributed by atoms with Crippen molar-refractivity contribution in [1.82, 2.24) is 4.98 Å². The number of hydrogen-bond donors (Lipinski definition) is 2. The number of H-pyrrole nitrogens is 1. The fourth-order valence-electron chi connectivity index (χ4n) is 1.66. The SMILES string of the molecule is Cc1cc([N+](=O)[O-])c(Cl)cc1NCc1cc[nH]c1. The molecule has 0 aliphatic carbocycles. The van der Waals surface area contributed by atoms with Crippen molar-refractivity contribution in [3.8, 4) is 0 Å². The number of anilines is 1. The van der Waals surface area contributed by atoms with Crippen molar-refractivity contribution in [3.63, 3.8) is 0 Å². The van der Waals surface area contributed by atoms with Gasteiger partial charge in [-0.15, -0.1) is 0 Å². The van der Waals surface area contributed by atoms with Crippen molar-refractivity contribution < 1.29 is 4.92 Å². The van der Waals surface area contributed by atoms with Crippen molar-refractivity contribution in [3.05, 3.63) is 56.9 Å². The van der Waals surface area contributed by atoms with Gasteiger partial charge in [0.1, 0.15) is 5.02 Å². The molecule has 0 saturated heterocycles. The van der Waals surface area contributed by atoms with Crippen molar-refractivity contribution in [2.24, 2.45) is 0 Å². The van der Waals surface area contributed by atoms with Crippen LogP contribution < -0.4 is 5.32 Å². The summed E-state index contributed by atoms with van der Waals surface area (Å²) in [4.78, 5) is 13.2. The Morgan fingerprint density at radius 2 is 2.28 bits per heavy atom. The molecule has 1 aromatic carbocycles. The molecule has 2 rings (SSSR count). The molecule has 18 heavy (non-hydrogen) atoms. The van der Waals surface area contributed by atoms with Gasteiger partial charge in [-0.3, -0.25) is 10.1 Å². The summed E-state index contributed by atoms with van der Waals surface area (Å²) in [6.07, 6.45) is 3.72. The van der Waals surface area contributed by atoms with Gasteiger partial charge < -0.3 is 10.3 Å². The Kier molecular flexibility index (Phi) is 3.53. The van der Waals surface area contributed by atoms with E-state index in [0.717, 1.165) is 16.8 Å². The molecule has 0 amide bonds. The molecule has 6 heteroatoms. The molecule has 2 aromatic rings. The summed E-state index contributed by atoms with van der Waals surface area (Å²) in [5.74, 6) is 0. The predicted octanol–water partition coefficient (Wildman–Crippen LogP) is 3.50. The largest absolute Gasteiger partial charge is 0.381 e. The molecule has 0 radical (unpaired) electrons. The minimum absolute atomic E-state index is 0.0682. The van der Waals surface area contributed by atoms with E-state index in [-0.39, 0.29) is 10.7 Å². The van der Waals surface area contributed by atoms with E-state index in [4.69, 9.17) is 11.6 Å². The van der Waals surface area contributed by atoms with E-state index in [1.165, 1.54) is 6.07 Å². The van der Waals surface area contributed by atoms with E-state index in [0.29, 0.717) is 6.54 Å². The molecule has 0 fully saturated rings. The Balaban J connectivity index is 2.19. The molecule has 5 nitrogen and oxygen atoms in total. The number of halogens is 1. The number of aryl methyl sites for hydroxylation is 1. The normalized spacial score (nSPS) is 10.3. The average molecular weight is 266 g/mol. The van der Waals surface area contributed by atoms with Crippen molar-refractivity contribution in [2.45, 2.75) is 13.5 Å². The molecule has 94 valence electrons. The van der Waals surface area contributed by atoms with Crippen LogP contribution in [0.4, 0.5) is 11.4 Å². The van der Waals surface area contributed by atoms with Crippen LogP contribution in [0.5, 0.6) is 0 Å². The third kappa shape index (κ3) is 2.62.